The minimum atomic E-state index is -0.878. The number of carbonyl (C=O) groups excluding carboxylic acids is 1. The lowest BCUT2D eigenvalue weighted by Crippen LogP contribution is -2.39. The van der Waals surface area contributed by atoms with Gasteiger partial charge in [0.25, 0.3) is 0 Å². The molecule has 0 aliphatic carbocycles. The number of ketones is 1. The van der Waals surface area contributed by atoms with Gasteiger partial charge in [-0.15, -0.1) is 0 Å². The fraction of sp³-hybridized carbons (Fsp3) is 0.294. The number of hydrogen-bond acceptors (Lipinski definition) is 3. The Labute approximate surface area is 122 Å². The molecule has 2 aromatic rings. The van der Waals surface area contributed by atoms with Crippen LogP contribution in [-0.2, 0) is 4.79 Å². The average molecular weight is 284 g/mol. The topological polar surface area (TPSA) is 63.6 Å². The van der Waals surface area contributed by atoms with Crippen LogP contribution in [0.1, 0.15) is 36.5 Å². The molecule has 0 aromatic heterocycles. The molecule has 0 saturated carbocycles. The number of fused-ring (bicyclic) bond motifs is 3. The summed E-state index contributed by atoms with van der Waals surface area (Å²) in [4.78, 5) is 23.3. The number of carbonyl (C=O) groups is 2. The molecule has 0 saturated heterocycles. The number of ether oxygens (including phenoxy) is 1. The highest BCUT2D eigenvalue weighted by atomic mass is 16.5. The predicted molar refractivity (Wildman–Crippen MR) is 78.8 cm³/mol. The molecular weight excluding hydrogens is 268 g/mol. The lowest BCUT2D eigenvalue weighted by atomic mass is 9.86. The fourth-order valence-corrected chi connectivity index (χ4v) is 2.86. The molecular formula is C17H16O4. The van der Waals surface area contributed by atoms with Crippen molar-refractivity contribution in [3.63, 3.8) is 0 Å². The second-order valence-electron chi connectivity index (χ2n) is 5.71. The van der Waals surface area contributed by atoms with Crippen LogP contribution in [0.25, 0.3) is 10.8 Å². The van der Waals surface area contributed by atoms with Crippen molar-refractivity contribution in [1.82, 2.24) is 0 Å². The minimum Gasteiger partial charge on any atom is -0.486 e. The van der Waals surface area contributed by atoms with Crippen molar-refractivity contribution < 1.29 is 19.4 Å². The predicted octanol–water partition coefficient (Wildman–Crippen LogP) is 3.43. The number of benzene rings is 2. The van der Waals surface area contributed by atoms with E-state index in [-0.39, 0.29) is 18.6 Å². The van der Waals surface area contributed by atoms with Crippen molar-refractivity contribution in [3.8, 4) is 5.75 Å². The molecule has 108 valence electrons. The van der Waals surface area contributed by atoms with E-state index in [2.05, 4.69) is 0 Å². The smallest absolute Gasteiger partial charge is 0.303 e. The van der Waals surface area contributed by atoms with Crippen molar-refractivity contribution in [2.45, 2.75) is 31.8 Å². The van der Waals surface area contributed by atoms with Crippen LogP contribution in [-0.4, -0.2) is 22.5 Å². The number of Topliss-reactive ketones (excluding diaryl/α,β-unsaturated/α-hetero) is 1. The van der Waals surface area contributed by atoms with E-state index in [0.29, 0.717) is 17.7 Å². The summed E-state index contributed by atoms with van der Waals surface area (Å²) < 4.78 is 5.96. The molecule has 1 atom stereocenters. The van der Waals surface area contributed by atoms with Gasteiger partial charge in [-0.05, 0) is 30.2 Å². The molecule has 1 aliphatic rings. The van der Waals surface area contributed by atoms with Gasteiger partial charge in [0.05, 0.1) is 12.0 Å². The third kappa shape index (κ3) is 2.49. The molecule has 4 nitrogen and oxygen atoms in total. The summed E-state index contributed by atoms with van der Waals surface area (Å²) in [6.07, 6.45) is 0.522. The summed E-state index contributed by atoms with van der Waals surface area (Å²) in [5.74, 6) is -0.310. The second-order valence-corrected chi connectivity index (χ2v) is 5.71. The number of carboxylic acid groups (broad SMARTS) is 1. The maximum absolute atomic E-state index is 12.5. The van der Waals surface area contributed by atoms with E-state index in [4.69, 9.17) is 9.84 Å². The van der Waals surface area contributed by atoms with Crippen LogP contribution in [0.2, 0.25) is 0 Å². The number of rotatable bonds is 3. The Kier molecular flexibility index (Phi) is 3.16. The molecule has 2 aromatic carbocycles. The molecule has 4 heteroatoms. The van der Waals surface area contributed by atoms with Crippen LogP contribution in [0.15, 0.2) is 36.4 Å². The van der Waals surface area contributed by atoms with E-state index in [1.807, 2.05) is 30.3 Å². The Bertz CT molecular complexity index is 735. The molecule has 0 amide bonds. The van der Waals surface area contributed by atoms with Crippen LogP contribution < -0.4 is 4.74 Å². The fourth-order valence-electron chi connectivity index (χ4n) is 2.86. The van der Waals surface area contributed by atoms with Gasteiger partial charge < -0.3 is 9.84 Å². The zero-order valence-corrected chi connectivity index (χ0v) is 11.8. The molecule has 0 fully saturated rings. The first-order valence-corrected chi connectivity index (χ1v) is 6.94. The molecule has 1 aliphatic heterocycles. The SMILES string of the molecule is CC1(CCC(=O)O)CC(=O)c2c(ccc3ccccc23)O1. The van der Waals surface area contributed by atoms with Crippen LogP contribution in [0.5, 0.6) is 5.75 Å². The summed E-state index contributed by atoms with van der Waals surface area (Å²) in [5, 5.41) is 10.7. The van der Waals surface area contributed by atoms with Crippen molar-refractivity contribution in [1.29, 1.82) is 0 Å². The van der Waals surface area contributed by atoms with Gasteiger partial charge in [-0.1, -0.05) is 30.3 Å². The average Bonchev–Trinajstić information content (AvgIpc) is 2.44. The first kappa shape index (κ1) is 13.6. The summed E-state index contributed by atoms with van der Waals surface area (Å²) in [5.41, 5.74) is -0.133. The lowest BCUT2D eigenvalue weighted by molar-refractivity contribution is -0.138. The maximum Gasteiger partial charge on any atom is 0.303 e. The Hall–Kier alpha value is -2.36. The highest BCUT2D eigenvalue weighted by Crippen LogP contribution is 2.39. The zero-order valence-electron chi connectivity index (χ0n) is 11.8. The Morgan fingerprint density at radius 3 is 2.81 bits per heavy atom. The summed E-state index contributed by atoms with van der Waals surface area (Å²) >= 11 is 0. The quantitative estimate of drug-likeness (QED) is 0.937. The minimum absolute atomic E-state index is 0.00725. The Balaban J connectivity index is 2.02. The molecule has 1 unspecified atom stereocenters. The van der Waals surface area contributed by atoms with Gasteiger partial charge in [0, 0.05) is 6.42 Å². The second kappa shape index (κ2) is 4.88. The van der Waals surface area contributed by atoms with Gasteiger partial charge >= 0.3 is 5.97 Å². The van der Waals surface area contributed by atoms with Crippen molar-refractivity contribution in [2.24, 2.45) is 0 Å². The molecule has 0 radical (unpaired) electrons. The third-order valence-corrected chi connectivity index (χ3v) is 3.93. The van der Waals surface area contributed by atoms with Crippen molar-refractivity contribution in [2.75, 3.05) is 0 Å². The van der Waals surface area contributed by atoms with E-state index in [9.17, 15) is 9.59 Å². The molecule has 1 N–H and O–H groups in total. The maximum atomic E-state index is 12.5. The van der Waals surface area contributed by atoms with Crippen LogP contribution in [0, 0.1) is 0 Å². The number of hydrogen-bond donors (Lipinski definition) is 1. The van der Waals surface area contributed by atoms with Gasteiger partial charge in [0.15, 0.2) is 5.78 Å². The van der Waals surface area contributed by atoms with E-state index >= 15 is 0 Å². The molecule has 0 spiro atoms. The monoisotopic (exact) mass is 284 g/mol. The zero-order chi connectivity index (χ0) is 15.0. The summed E-state index contributed by atoms with van der Waals surface area (Å²) in [6.45, 7) is 1.80. The summed E-state index contributed by atoms with van der Waals surface area (Å²) in [6, 6.07) is 11.4. The Morgan fingerprint density at radius 1 is 1.29 bits per heavy atom. The standard InChI is InChI=1S/C17H16O4/c1-17(9-8-15(19)20)10-13(18)16-12-5-3-2-4-11(12)6-7-14(16)21-17/h2-7H,8-10H2,1H3,(H,19,20). The molecule has 0 bridgehead atoms. The largest absolute Gasteiger partial charge is 0.486 e. The highest BCUT2D eigenvalue weighted by molar-refractivity contribution is 6.11. The van der Waals surface area contributed by atoms with Gasteiger partial charge in [-0.2, -0.15) is 0 Å². The van der Waals surface area contributed by atoms with E-state index in [1.54, 1.807) is 13.0 Å². The number of carboxylic acids is 1. The number of aliphatic carboxylic acids is 1. The van der Waals surface area contributed by atoms with E-state index in [1.165, 1.54) is 0 Å². The first-order valence-electron chi connectivity index (χ1n) is 6.94. The van der Waals surface area contributed by atoms with Gasteiger partial charge in [0.1, 0.15) is 11.4 Å². The normalized spacial score (nSPS) is 20.9. The van der Waals surface area contributed by atoms with Gasteiger partial charge in [-0.3, -0.25) is 9.59 Å². The van der Waals surface area contributed by atoms with Gasteiger partial charge in [-0.25, -0.2) is 0 Å². The summed E-state index contributed by atoms with van der Waals surface area (Å²) in [7, 11) is 0. The highest BCUT2D eigenvalue weighted by Gasteiger charge is 2.37. The van der Waals surface area contributed by atoms with Crippen LogP contribution in [0.4, 0.5) is 0 Å². The first-order chi connectivity index (χ1) is 9.98. The van der Waals surface area contributed by atoms with Gasteiger partial charge in [0.2, 0.25) is 0 Å². The molecule has 21 heavy (non-hydrogen) atoms. The van der Waals surface area contributed by atoms with E-state index in [0.717, 1.165) is 10.8 Å². The third-order valence-electron chi connectivity index (χ3n) is 3.93. The van der Waals surface area contributed by atoms with Crippen LogP contribution >= 0.6 is 0 Å². The Morgan fingerprint density at radius 2 is 2.05 bits per heavy atom. The van der Waals surface area contributed by atoms with E-state index < -0.39 is 11.6 Å². The lowest BCUT2D eigenvalue weighted by Gasteiger charge is -2.35. The molecule has 1 heterocycles. The molecule has 3 rings (SSSR count). The van der Waals surface area contributed by atoms with Crippen LogP contribution in [0.3, 0.4) is 0 Å². The van der Waals surface area contributed by atoms with Crippen molar-refractivity contribution >= 4 is 22.5 Å². The van der Waals surface area contributed by atoms with Crippen molar-refractivity contribution in [3.05, 3.63) is 42.0 Å².